The van der Waals surface area contributed by atoms with Crippen LogP contribution in [0, 0.1) is 5.92 Å². The van der Waals surface area contributed by atoms with E-state index in [0.717, 1.165) is 31.3 Å². The van der Waals surface area contributed by atoms with E-state index in [2.05, 4.69) is 10.1 Å². The summed E-state index contributed by atoms with van der Waals surface area (Å²) in [4.78, 5) is 16.9. The van der Waals surface area contributed by atoms with Crippen molar-refractivity contribution in [1.29, 1.82) is 0 Å². The molecule has 2 aliphatic rings. The molecule has 0 aromatic carbocycles. The third-order valence-corrected chi connectivity index (χ3v) is 6.63. The number of aromatic nitrogens is 3. The van der Waals surface area contributed by atoms with E-state index < -0.39 is 10.8 Å². The normalized spacial score (nSPS) is 32.6. The summed E-state index contributed by atoms with van der Waals surface area (Å²) in [6.45, 7) is 0. The number of rotatable bonds is 2. The average molecular weight is 289 g/mol. The predicted octanol–water partition coefficient (Wildman–Crippen LogP) is 1.60. The lowest BCUT2D eigenvalue weighted by atomic mass is 9.91. The number of carbonyl (C=O) groups is 1. The van der Waals surface area contributed by atoms with E-state index in [1.54, 1.807) is 29.2 Å². The first-order valence-electron chi connectivity index (χ1n) is 6.95. The fraction of sp³-hybridized carbons (Fsp3) is 0.500. The van der Waals surface area contributed by atoms with Crippen molar-refractivity contribution in [1.82, 2.24) is 14.6 Å². The first kappa shape index (κ1) is 12.2. The van der Waals surface area contributed by atoms with E-state index in [1.807, 2.05) is 0 Å². The Morgan fingerprint density at radius 1 is 1.30 bits per heavy atom. The molecule has 2 fully saturated rings. The Kier molecular flexibility index (Phi) is 2.73. The third-order valence-electron chi connectivity index (χ3n) is 4.46. The Morgan fingerprint density at radius 3 is 2.80 bits per heavy atom. The molecule has 2 aromatic rings. The Bertz CT molecular complexity index is 695. The standard InChI is InChI=1S/C14H15N3O2S/c18-14(9-5-11-1-2-12(6-9)20(11)19)10-7-15-13-3-4-16-17(13)8-10/h3-4,7-9,11-12H,1-2,5-6H2. The monoisotopic (exact) mass is 289 g/mol. The molecule has 2 aromatic heterocycles. The van der Waals surface area contributed by atoms with Gasteiger partial charge >= 0.3 is 0 Å². The number of hydrogen-bond donors (Lipinski definition) is 0. The Labute approximate surface area is 118 Å². The second-order valence-electron chi connectivity index (χ2n) is 5.66. The van der Waals surface area contributed by atoms with Gasteiger partial charge in [-0.25, -0.2) is 9.50 Å². The van der Waals surface area contributed by atoms with Gasteiger partial charge in [0.2, 0.25) is 0 Å². The van der Waals surface area contributed by atoms with Gasteiger partial charge in [-0.1, -0.05) is 0 Å². The topological polar surface area (TPSA) is 64.3 Å². The minimum atomic E-state index is -0.713. The molecule has 0 aliphatic carbocycles. The lowest BCUT2D eigenvalue weighted by Gasteiger charge is -2.26. The van der Waals surface area contributed by atoms with Crippen LogP contribution in [0.15, 0.2) is 24.7 Å². The summed E-state index contributed by atoms with van der Waals surface area (Å²) in [6.07, 6.45) is 8.60. The van der Waals surface area contributed by atoms with E-state index in [1.165, 1.54) is 0 Å². The van der Waals surface area contributed by atoms with Crippen molar-refractivity contribution in [3.63, 3.8) is 0 Å². The molecular weight excluding hydrogens is 274 g/mol. The van der Waals surface area contributed by atoms with Crippen molar-refractivity contribution in [2.75, 3.05) is 0 Å². The van der Waals surface area contributed by atoms with Crippen LogP contribution < -0.4 is 0 Å². The quantitative estimate of drug-likeness (QED) is 0.788. The highest BCUT2D eigenvalue weighted by Crippen LogP contribution is 2.39. The van der Waals surface area contributed by atoms with Crippen LogP contribution in [0.3, 0.4) is 0 Å². The van der Waals surface area contributed by atoms with Crippen molar-refractivity contribution < 1.29 is 9.00 Å². The zero-order valence-electron chi connectivity index (χ0n) is 10.9. The number of nitrogens with zero attached hydrogens (tertiary/aromatic N) is 3. The van der Waals surface area contributed by atoms with Crippen LogP contribution in [0.4, 0.5) is 0 Å². The fourth-order valence-corrected chi connectivity index (χ4v) is 5.54. The number of fused-ring (bicyclic) bond motifs is 3. The lowest BCUT2D eigenvalue weighted by molar-refractivity contribution is 0.0905. The molecule has 2 unspecified atom stereocenters. The van der Waals surface area contributed by atoms with Gasteiger partial charge in [-0.3, -0.25) is 9.00 Å². The second kappa shape index (κ2) is 4.48. The van der Waals surface area contributed by atoms with E-state index in [-0.39, 0.29) is 22.2 Å². The second-order valence-corrected chi connectivity index (χ2v) is 7.65. The predicted molar refractivity (Wildman–Crippen MR) is 75.0 cm³/mol. The maximum atomic E-state index is 12.6. The summed E-state index contributed by atoms with van der Waals surface area (Å²) >= 11 is 0. The highest BCUT2D eigenvalue weighted by atomic mass is 32.2. The SMILES string of the molecule is O=C(c1cnc2ccnn2c1)C1CC2CCC(C1)S2=O. The van der Waals surface area contributed by atoms with Crippen molar-refractivity contribution in [3.05, 3.63) is 30.2 Å². The summed E-state index contributed by atoms with van der Waals surface area (Å²) in [5.74, 6) is 0.128. The maximum Gasteiger partial charge on any atom is 0.169 e. The number of Topliss-reactive ketones (excluding diaryl/α,β-unsaturated/α-hetero) is 1. The van der Waals surface area contributed by atoms with E-state index in [9.17, 15) is 9.00 Å². The van der Waals surface area contributed by atoms with Gasteiger partial charge in [-0.15, -0.1) is 0 Å². The molecule has 20 heavy (non-hydrogen) atoms. The molecule has 5 nitrogen and oxygen atoms in total. The third kappa shape index (κ3) is 1.82. The van der Waals surface area contributed by atoms with Gasteiger partial charge in [0, 0.05) is 45.7 Å². The Hall–Kier alpha value is -1.56. The molecule has 0 radical (unpaired) electrons. The van der Waals surface area contributed by atoms with Crippen molar-refractivity contribution in [2.45, 2.75) is 36.2 Å². The first-order valence-corrected chi connectivity index (χ1v) is 8.23. The number of hydrogen-bond acceptors (Lipinski definition) is 4. The van der Waals surface area contributed by atoms with E-state index in [4.69, 9.17) is 0 Å². The zero-order chi connectivity index (χ0) is 13.7. The smallest absolute Gasteiger partial charge is 0.169 e. The molecule has 0 N–H and O–H groups in total. The van der Waals surface area contributed by atoms with E-state index >= 15 is 0 Å². The molecule has 4 rings (SSSR count). The molecule has 0 amide bonds. The highest BCUT2D eigenvalue weighted by molar-refractivity contribution is 7.86. The van der Waals surface area contributed by atoms with Gasteiger partial charge in [-0.2, -0.15) is 5.10 Å². The maximum absolute atomic E-state index is 12.6. The summed E-state index contributed by atoms with van der Waals surface area (Å²) in [5.41, 5.74) is 1.35. The number of carbonyl (C=O) groups excluding carboxylic acids is 1. The van der Waals surface area contributed by atoms with Gasteiger partial charge in [0.15, 0.2) is 11.4 Å². The molecule has 2 atom stereocenters. The molecule has 4 heterocycles. The Morgan fingerprint density at radius 2 is 2.05 bits per heavy atom. The minimum absolute atomic E-state index is 0.0000113. The van der Waals surface area contributed by atoms with Crippen LogP contribution in [-0.2, 0) is 10.8 Å². The zero-order valence-corrected chi connectivity index (χ0v) is 11.8. The van der Waals surface area contributed by atoms with Gasteiger partial charge in [0.25, 0.3) is 0 Å². The van der Waals surface area contributed by atoms with Crippen LogP contribution >= 0.6 is 0 Å². The molecule has 0 saturated carbocycles. The summed E-state index contributed by atoms with van der Waals surface area (Å²) in [5, 5.41) is 4.57. The Balaban J connectivity index is 1.62. The summed E-state index contributed by atoms with van der Waals surface area (Å²) < 4.78 is 13.6. The van der Waals surface area contributed by atoms with Gasteiger partial charge in [-0.05, 0) is 25.7 Å². The average Bonchev–Trinajstić information content (AvgIpc) is 2.98. The first-order chi connectivity index (χ1) is 9.72. The fourth-order valence-electron chi connectivity index (χ4n) is 3.42. The van der Waals surface area contributed by atoms with Gasteiger partial charge in [0.05, 0.1) is 11.8 Å². The van der Waals surface area contributed by atoms with Crippen LogP contribution in [-0.4, -0.2) is 35.1 Å². The molecule has 104 valence electrons. The molecular formula is C14H15N3O2S. The van der Waals surface area contributed by atoms with Crippen molar-refractivity contribution >= 4 is 22.2 Å². The van der Waals surface area contributed by atoms with Crippen molar-refractivity contribution in [2.24, 2.45) is 5.92 Å². The molecule has 6 heteroatoms. The van der Waals surface area contributed by atoms with Gasteiger partial charge in [0.1, 0.15) is 0 Å². The molecule has 2 aliphatic heterocycles. The largest absolute Gasteiger partial charge is 0.294 e. The lowest BCUT2D eigenvalue weighted by Crippen LogP contribution is -2.32. The van der Waals surface area contributed by atoms with Gasteiger partial charge < -0.3 is 0 Å². The summed E-state index contributed by atoms with van der Waals surface area (Å²) in [7, 11) is -0.713. The highest BCUT2D eigenvalue weighted by Gasteiger charge is 2.42. The van der Waals surface area contributed by atoms with Crippen LogP contribution in [0.25, 0.3) is 5.65 Å². The molecule has 2 bridgehead atoms. The molecule has 0 spiro atoms. The van der Waals surface area contributed by atoms with Crippen LogP contribution in [0.2, 0.25) is 0 Å². The van der Waals surface area contributed by atoms with E-state index in [0.29, 0.717) is 5.56 Å². The summed E-state index contributed by atoms with van der Waals surface area (Å²) in [6, 6.07) is 1.80. The van der Waals surface area contributed by atoms with Crippen LogP contribution in [0.5, 0.6) is 0 Å². The van der Waals surface area contributed by atoms with Crippen molar-refractivity contribution in [3.8, 4) is 0 Å². The minimum Gasteiger partial charge on any atom is -0.294 e. The molecule has 2 saturated heterocycles. The van der Waals surface area contributed by atoms with Crippen LogP contribution in [0.1, 0.15) is 36.0 Å². The number of ketones is 1.